The molecule has 0 aromatic heterocycles. The fraction of sp³-hybridized carbons (Fsp3) is 0.111. The average Bonchev–Trinajstić information content (AvgIpc) is 2.75. The monoisotopic (exact) mass is 378 g/mol. The second-order valence-corrected chi connectivity index (χ2v) is 11.6. The Morgan fingerprint density at radius 1 is 0.464 bits per heavy atom. The van der Waals surface area contributed by atoms with Gasteiger partial charge >= 0.3 is 0 Å². The smallest absolute Gasteiger partial charge is 0.0624 e. The van der Waals surface area contributed by atoms with Crippen molar-refractivity contribution in [2.75, 3.05) is 0 Å². The standard InChI is InChI=1S/C27H26Si/c1-22-13-17-24(18-14-22)21-28(25-9-5-3-6-10-25,26-11-7-4-8-12-26)27-19-15-23(2)16-20-27/h3-20H,21H2,1-2H3. The lowest BCUT2D eigenvalue weighted by atomic mass is 10.2. The molecule has 0 saturated carbocycles. The van der Waals surface area contributed by atoms with Crippen molar-refractivity contribution >= 4 is 23.6 Å². The molecule has 0 aliphatic carbocycles. The molecular weight excluding hydrogens is 352 g/mol. The van der Waals surface area contributed by atoms with Crippen LogP contribution < -0.4 is 15.6 Å². The van der Waals surface area contributed by atoms with Gasteiger partial charge in [0, 0.05) is 0 Å². The topological polar surface area (TPSA) is 0 Å². The molecule has 0 N–H and O–H groups in total. The molecule has 28 heavy (non-hydrogen) atoms. The summed E-state index contributed by atoms with van der Waals surface area (Å²) in [7, 11) is -2.20. The van der Waals surface area contributed by atoms with Gasteiger partial charge in [-0.3, -0.25) is 0 Å². The largest absolute Gasteiger partial charge is 0.152 e. The average molecular weight is 379 g/mol. The quantitative estimate of drug-likeness (QED) is 0.353. The van der Waals surface area contributed by atoms with Crippen LogP contribution in [0.5, 0.6) is 0 Å². The zero-order valence-corrected chi connectivity index (χ0v) is 17.6. The molecule has 0 unspecified atom stereocenters. The number of hydrogen-bond acceptors (Lipinski definition) is 0. The first-order valence-electron chi connectivity index (χ1n) is 9.92. The summed E-state index contributed by atoms with van der Waals surface area (Å²) >= 11 is 0. The number of aryl methyl sites for hydroxylation is 2. The van der Waals surface area contributed by atoms with Crippen molar-refractivity contribution in [3.8, 4) is 0 Å². The molecule has 0 amide bonds. The van der Waals surface area contributed by atoms with Crippen LogP contribution in [0.4, 0.5) is 0 Å². The van der Waals surface area contributed by atoms with Crippen molar-refractivity contribution in [3.63, 3.8) is 0 Å². The summed E-state index contributed by atoms with van der Waals surface area (Å²) in [5, 5.41) is 4.40. The molecular formula is C27H26Si. The van der Waals surface area contributed by atoms with E-state index in [1.807, 2.05) is 0 Å². The Labute approximate surface area is 169 Å². The molecule has 0 radical (unpaired) electrons. The third-order valence-electron chi connectivity index (χ3n) is 5.67. The van der Waals surface area contributed by atoms with Gasteiger partial charge in [0.25, 0.3) is 0 Å². The van der Waals surface area contributed by atoms with Gasteiger partial charge in [0.2, 0.25) is 0 Å². The molecule has 0 fully saturated rings. The van der Waals surface area contributed by atoms with E-state index >= 15 is 0 Å². The Bertz CT molecular complexity index is 978. The molecule has 4 rings (SSSR count). The van der Waals surface area contributed by atoms with E-state index in [0.29, 0.717) is 0 Å². The van der Waals surface area contributed by atoms with Crippen molar-refractivity contribution in [2.45, 2.75) is 19.9 Å². The van der Waals surface area contributed by atoms with Crippen LogP contribution in [0.15, 0.2) is 109 Å². The van der Waals surface area contributed by atoms with Crippen LogP contribution in [-0.4, -0.2) is 8.07 Å². The molecule has 0 aliphatic rings. The van der Waals surface area contributed by atoms with Crippen molar-refractivity contribution < 1.29 is 0 Å². The lowest BCUT2D eigenvalue weighted by Crippen LogP contribution is -2.68. The van der Waals surface area contributed by atoms with Gasteiger partial charge < -0.3 is 0 Å². The summed E-state index contributed by atoms with van der Waals surface area (Å²) < 4.78 is 0. The molecule has 4 aromatic rings. The molecule has 1 heteroatoms. The Morgan fingerprint density at radius 3 is 1.32 bits per heavy atom. The maximum Gasteiger partial charge on any atom is 0.152 e. The number of benzene rings is 4. The second kappa shape index (κ2) is 8.00. The minimum absolute atomic E-state index is 1.06. The predicted octanol–water partition coefficient (Wildman–Crippen LogP) is 4.56. The van der Waals surface area contributed by atoms with E-state index in [4.69, 9.17) is 0 Å². The molecule has 138 valence electrons. The molecule has 0 bridgehead atoms. The van der Waals surface area contributed by atoms with E-state index in [1.54, 1.807) is 0 Å². The minimum Gasteiger partial charge on any atom is -0.0624 e. The highest BCUT2D eigenvalue weighted by atomic mass is 28.3. The van der Waals surface area contributed by atoms with Crippen LogP contribution in [0, 0.1) is 13.8 Å². The Morgan fingerprint density at radius 2 is 0.857 bits per heavy atom. The van der Waals surface area contributed by atoms with Crippen LogP contribution in [0.25, 0.3) is 0 Å². The van der Waals surface area contributed by atoms with E-state index in [2.05, 4.69) is 123 Å². The zero-order chi connectivity index (χ0) is 19.4. The second-order valence-electron chi connectivity index (χ2n) is 7.67. The van der Waals surface area contributed by atoms with Gasteiger partial charge in [-0.1, -0.05) is 120 Å². The van der Waals surface area contributed by atoms with Crippen LogP contribution in [-0.2, 0) is 6.04 Å². The van der Waals surface area contributed by atoms with E-state index in [9.17, 15) is 0 Å². The first kappa shape index (κ1) is 18.5. The lowest BCUT2D eigenvalue weighted by molar-refractivity contribution is 1.32. The highest BCUT2D eigenvalue weighted by Gasteiger charge is 2.39. The third kappa shape index (κ3) is 3.58. The van der Waals surface area contributed by atoms with Gasteiger partial charge in [0.1, 0.15) is 0 Å². The summed E-state index contributed by atoms with van der Waals surface area (Å²) in [5.74, 6) is 0. The van der Waals surface area contributed by atoms with Crippen molar-refractivity contribution in [2.24, 2.45) is 0 Å². The highest BCUT2D eigenvalue weighted by molar-refractivity contribution is 7.11. The van der Waals surface area contributed by atoms with Gasteiger partial charge in [-0.05, 0) is 41.0 Å². The van der Waals surface area contributed by atoms with Crippen molar-refractivity contribution in [1.82, 2.24) is 0 Å². The van der Waals surface area contributed by atoms with Gasteiger partial charge in [-0.25, -0.2) is 0 Å². The summed E-state index contributed by atoms with van der Waals surface area (Å²) in [6, 6.07) is 41.7. The maximum absolute atomic E-state index is 2.36. The number of rotatable bonds is 5. The summed E-state index contributed by atoms with van der Waals surface area (Å²) in [4.78, 5) is 0. The van der Waals surface area contributed by atoms with Crippen LogP contribution in [0.2, 0.25) is 0 Å². The van der Waals surface area contributed by atoms with E-state index in [-0.39, 0.29) is 0 Å². The van der Waals surface area contributed by atoms with Crippen molar-refractivity contribution in [1.29, 1.82) is 0 Å². The fourth-order valence-corrected chi connectivity index (χ4v) is 8.82. The van der Waals surface area contributed by atoms with E-state index < -0.39 is 8.07 Å². The Balaban J connectivity index is 1.99. The molecule has 0 nitrogen and oxygen atoms in total. The van der Waals surface area contributed by atoms with Gasteiger partial charge in [0.15, 0.2) is 8.07 Å². The number of hydrogen-bond donors (Lipinski definition) is 0. The lowest BCUT2D eigenvalue weighted by Gasteiger charge is -2.34. The van der Waals surface area contributed by atoms with Gasteiger partial charge in [-0.2, -0.15) is 0 Å². The minimum atomic E-state index is -2.20. The third-order valence-corrected chi connectivity index (χ3v) is 10.6. The summed E-state index contributed by atoms with van der Waals surface area (Å²) in [6.07, 6.45) is 0. The van der Waals surface area contributed by atoms with Crippen molar-refractivity contribution in [3.05, 3.63) is 126 Å². The fourth-order valence-electron chi connectivity index (χ4n) is 4.10. The summed E-state index contributed by atoms with van der Waals surface area (Å²) in [6.45, 7) is 4.32. The first-order chi connectivity index (χ1) is 13.7. The molecule has 0 heterocycles. The summed E-state index contributed by atoms with van der Waals surface area (Å²) in [5.41, 5.74) is 4.03. The first-order valence-corrected chi connectivity index (χ1v) is 12.1. The van der Waals surface area contributed by atoms with E-state index in [0.717, 1.165) is 6.04 Å². The predicted molar refractivity (Wildman–Crippen MR) is 124 cm³/mol. The van der Waals surface area contributed by atoms with Crippen LogP contribution in [0.1, 0.15) is 16.7 Å². The highest BCUT2D eigenvalue weighted by Crippen LogP contribution is 2.16. The maximum atomic E-state index is 2.36. The van der Waals surface area contributed by atoms with Gasteiger partial charge in [0.05, 0.1) is 0 Å². The van der Waals surface area contributed by atoms with E-state index in [1.165, 1.54) is 32.3 Å². The molecule has 0 saturated heterocycles. The molecule has 0 atom stereocenters. The van der Waals surface area contributed by atoms with Crippen LogP contribution in [0.3, 0.4) is 0 Å². The SMILES string of the molecule is Cc1ccc(C[Si](c2ccccc2)(c2ccccc2)c2ccc(C)cc2)cc1. The van der Waals surface area contributed by atoms with Gasteiger partial charge in [-0.15, -0.1) is 0 Å². The normalized spacial score (nSPS) is 11.4. The molecule has 0 spiro atoms. The zero-order valence-electron chi connectivity index (χ0n) is 16.6. The molecule has 0 aliphatic heterocycles. The Kier molecular flexibility index (Phi) is 5.27. The Hall–Kier alpha value is -2.90. The molecule has 4 aromatic carbocycles. The van der Waals surface area contributed by atoms with Crippen LogP contribution >= 0.6 is 0 Å².